The molecule has 0 aliphatic carbocycles. The van der Waals surface area contributed by atoms with Crippen LogP contribution in [0.2, 0.25) is 0 Å². The maximum atomic E-state index is 12.6. The largest absolute Gasteiger partial charge is 0.486 e. The first-order valence-corrected chi connectivity index (χ1v) is 7.82. The van der Waals surface area contributed by atoms with Gasteiger partial charge in [-0.15, -0.1) is 0 Å². The van der Waals surface area contributed by atoms with Crippen molar-refractivity contribution < 1.29 is 23.6 Å². The van der Waals surface area contributed by atoms with Gasteiger partial charge in [0.25, 0.3) is 0 Å². The highest BCUT2D eigenvalue weighted by Gasteiger charge is 2.36. The molecule has 0 spiro atoms. The van der Waals surface area contributed by atoms with Gasteiger partial charge in [0.05, 0.1) is 0 Å². The number of nitrogens with one attached hydrogen (secondary N) is 2. The molecule has 0 radical (unpaired) electrons. The first-order valence-electron chi connectivity index (χ1n) is 7.82. The van der Waals surface area contributed by atoms with E-state index in [9.17, 15) is 9.59 Å². The number of carbonyl (C=O) groups is 2. The second kappa shape index (κ2) is 6.46. The summed E-state index contributed by atoms with van der Waals surface area (Å²) < 4.78 is 15.8. The number of anilines is 2. The highest BCUT2D eigenvalue weighted by atomic mass is 16.6. The minimum absolute atomic E-state index is 0.266. The molecule has 132 valence electrons. The molecule has 0 unspecified atom stereocenters. The van der Waals surface area contributed by atoms with Crippen LogP contribution in [0.4, 0.5) is 11.5 Å². The number of hydrogen-bond donors (Lipinski definition) is 2. The topological polar surface area (TPSA) is 103 Å². The first kappa shape index (κ1) is 16.8. The molecule has 0 fully saturated rings. The highest BCUT2D eigenvalue weighted by Crippen LogP contribution is 2.33. The summed E-state index contributed by atoms with van der Waals surface area (Å²) >= 11 is 0. The molecule has 2 aromatic rings. The highest BCUT2D eigenvalue weighted by molar-refractivity contribution is 6.13. The number of hydrogen-bond acceptors (Lipinski definition) is 6. The molecule has 1 aromatic carbocycles. The summed E-state index contributed by atoms with van der Waals surface area (Å²) in [4.78, 5) is 25.0. The van der Waals surface area contributed by atoms with E-state index in [2.05, 4.69) is 15.8 Å². The van der Waals surface area contributed by atoms with Crippen LogP contribution in [-0.4, -0.2) is 30.2 Å². The van der Waals surface area contributed by atoms with Gasteiger partial charge in [-0.05, 0) is 32.9 Å². The third-order valence-electron chi connectivity index (χ3n) is 3.80. The van der Waals surface area contributed by atoms with Crippen molar-refractivity contribution in [2.24, 2.45) is 5.41 Å². The Balaban J connectivity index is 1.69. The van der Waals surface area contributed by atoms with Gasteiger partial charge in [0.15, 0.2) is 17.3 Å². The lowest BCUT2D eigenvalue weighted by Gasteiger charge is -2.23. The third kappa shape index (κ3) is 3.57. The monoisotopic (exact) mass is 345 g/mol. The number of ether oxygens (including phenoxy) is 2. The second-order valence-electron chi connectivity index (χ2n) is 6.21. The molecular weight excluding hydrogens is 326 g/mol. The number of fused-ring (bicyclic) bond motifs is 1. The van der Waals surface area contributed by atoms with Crippen LogP contribution in [0.25, 0.3) is 0 Å². The molecule has 0 bridgehead atoms. The Morgan fingerprint density at radius 2 is 1.72 bits per heavy atom. The molecule has 0 saturated carbocycles. The van der Waals surface area contributed by atoms with Crippen molar-refractivity contribution in [3.8, 4) is 11.5 Å². The van der Waals surface area contributed by atoms with E-state index in [0.29, 0.717) is 36.2 Å². The summed E-state index contributed by atoms with van der Waals surface area (Å²) in [6, 6.07) is 6.66. The summed E-state index contributed by atoms with van der Waals surface area (Å²) in [5, 5.41) is 8.99. The maximum absolute atomic E-state index is 12.6. The van der Waals surface area contributed by atoms with E-state index in [-0.39, 0.29) is 5.82 Å². The van der Waals surface area contributed by atoms with Crippen molar-refractivity contribution >= 4 is 23.3 Å². The molecule has 0 saturated heterocycles. The molecule has 2 amide bonds. The van der Waals surface area contributed by atoms with Crippen LogP contribution in [0.1, 0.15) is 19.6 Å². The van der Waals surface area contributed by atoms with Crippen molar-refractivity contribution in [2.75, 3.05) is 23.8 Å². The number of rotatable bonds is 4. The fourth-order valence-electron chi connectivity index (χ4n) is 2.21. The van der Waals surface area contributed by atoms with Gasteiger partial charge in [0.1, 0.15) is 24.4 Å². The minimum atomic E-state index is -1.32. The Bertz CT molecular complexity index is 812. The van der Waals surface area contributed by atoms with Crippen LogP contribution >= 0.6 is 0 Å². The normalized spacial score (nSPS) is 13.2. The van der Waals surface area contributed by atoms with Gasteiger partial charge < -0.3 is 24.6 Å². The standard InChI is InChI=1S/C17H19N3O5/c1-10-8-14(20-25-10)19-16(22)17(2,3)15(21)18-11-4-5-12-13(9-11)24-7-6-23-12/h4-5,8-9H,6-7H2,1-3H3,(H,18,21)(H,19,20,22). The predicted molar refractivity (Wildman–Crippen MR) is 89.7 cm³/mol. The number of carbonyl (C=O) groups excluding carboxylic acids is 2. The molecule has 8 nitrogen and oxygen atoms in total. The van der Waals surface area contributed by atoms with Gasteiger partial charge in [-0.1, -0.05) is 5.16 Å². The van der Waals surface area contributed by atoms with Crippen molar-refractivity contribution in [1.29, 1.82) is 0 Å². The van der Waals surface area contributed by atoms with E-state index in [4.69, 9.17) is 14.0 Å². The van der Waals surface area contributed by atoms with Crippen LogP contribution in [0, 0.1) is 12.3 Å². The van der Waals surface area contributed by atoms with Crippen molar-refractivity contribution in [1.82, 2.24) is 5.16 Å². The van der Waals surface area contributed by atoms with Gasteiger partial charge in [-0.3, -0.25) is 9.59 Å². The Morgan fingerprint density at radius 3 is 2.40 bits per heavy atom. The van der Waals surface area contributed by atoms with Crippen LogP contribution in [0.15, 0.2) is 28.8 Å². The number of aromatic nitrogens is 1. The van der Waals surface area contributed by atoms with E-state index in [1.807, 2.05) is 0 Å². The zero-order valence-electron chi connectivity index (χ0n) is 14.2. The second-order valence-corrected chi connectivity index (χ2v) is 6.21. The van der Waals surface area contributed by atoms with Crippen LogP contribution in [0.3, 0.4) is 0 Å². The van der Waals surface area contributed by atoms with Crippen molar-refractivity contribution in [3.63, 3.8) is 0 Å². The quantitative estimate of drug-likeness (QED) is 0.825. The number of nitrogens with zero attached hydrogens (tertiary/aromatic N) is 1. The lowest BCUT2D eigenvalue weighted by atomic mass is 9.91. The van der Waals surface area contributed by atoms with E-state index in [1.54, 1.807) is 31.2 Å². The van der Waals surface area contributed by atoms with E-state index >= 15 is 0 Å². The van der Waals surface area contributed by atoms with Gasteiger partial charge in [-0.25, -0.2) is 0 Å². The SMILES string of the molecule is Cc1cc(NC(=O)C(C)(C)C(=O)Nc2ccc3c(c2)OCCO3)no1. The molecular formula is C17H19N3O5. The van der Waals surface area contributed by atoms with Crippen LogP contribution in [-0.2, 0) is 9.59 Å². The first-order chi connectivity index (χ1) is 11.9. The van der Waals surface area contributed by atoms with Gasteiger partial charge >= 0.3 is 0 Å². The zero-order valence-corrected chi connectivity index (χ0v) is 14.2. The molecule has 8 heteroatoms. The Hall–Kier alpha value is -3.03. The van der Waals surface area contributed by atoms with E-state index < -0.39 is 17.2 Å². The smallest absolute Gasteiger partial charge is 0.240 e. The predicted octanol–water partition coefficient (Wildman–Crippen LogP) is 2.36. The number of amides is 2. The van der Waals surface area contributed by atoms with Crippen LogP contribution < -0.4 is 20.1 Å². The van der Waals surface area contributed by atoms with Crippen molar-refractivity contribution in [3.05, 3.63) is 30.0 Å². The van der Waals surface area contributed by atoms with E-state index in [1.165, 1.54) is 13.8 Å². The number of aryl methyl sites for hydroxylation is 1. The summed E-state index contributed by atoms with van der Waals surface area (Å²) in [6.07, 6.45) is 0. The fourth-order valence-corrected chi connectivity index (χ4v) is 2.21. The van der Waals surface area contributed by atoms with Crippen LogP contribution in [0.5, 0.6) is 11.5 Å². The minimum Gasteiger partial charge on any atom is -0.486 e. The molecule has 1 aliphatic heterocycles. The maximum Gasteiger partial charge on any atom is 0.240 e. The zero-order chi connectivity index (χ0) is 18.0. The van der Waals surface area contributed by atoms with Crippen molar-refractivity contribution in [2.45, 2.75) is 20.8 Å². The lowest BCUT2D eigenvalue weighted by molar-refractivity contribution is -0.135. The molecule has 1 aliphatic rings. The van der Waals surface area contributed by atoms with Gasteiger partial charge in [-0.2, -0.15) is 0 Å². The van der Waals surface area contributed by atoms with Gasteiger partial charge in [0, 0.05) is 17.8 Å². The van der Waals surface area contributed by atoms with E-state index in [0.717, 1.165) is 0 Å². The lowest BCUT2D eigenvalue weighted by Crippen LogP contribution is -2.41. The fraction of sp³-hybridized carbons (Fsp3) is 0.353. The Kier molecular flexibility index (Phi) is 4.35. The molecule has 0 atom stereocenters. The van der Waals surface area contributed by atoms with Gasteiger partial charge in [0.2, 0.25) is 11.8 Å². The molecule has 25 heavy (non-hydrogen) atoms. The summed E-state index contributed by atoms with van der Waals surface area (Å²) in [5.74, 6) is 1.07. The Morgan fingerprint density at radius 1 is 1.04 bits per heavy atom. The average Bonchev–Trinajstić information content (AvgIpc) is 2.99. The summed E-state index contributed by atoms with van der Waals surface area (Å²) in [6.45, 7) is 5.72. The third-order valence-corrected chi connectivity index (χ3v) is 3.80. The molecule has 2 heterocycles. The summed E-state index contributed by atoms with van der Waals surface area (Å²) in [7, 11) is 0. The Labute approximate surface area is 144 Å². The number of benzene rings is 1. The average molecular weight is 345 g/mol. The molecule has 3 rings (SSSR count). The summed E-state index contributed by atoms with van der Waals surface area (Å²) in [5.41, 5.74) is -0.799. The molecule has 2 N–H and O–H groups in total. The molecule has 1 aromatic heterocycles.